The SMILES string of the molecule is C/C=C(/C)N1N=C(C)CCC1=NC.CC. The number of rotatable bonds is 1. The van der Waals surface area contributed by atoms with Gasteiger partial charge in [0.05, 0.1) is 0 Å². The van der Waals surface area contributed by atoms with E-state index in [0.717, 1.165) is 24.4 Å². The molecular formula is C12H23N3. The summed E-state index contributed by atoms with van der Waals surface area (Å²) in [5.41, 5.74) is 2.31. The molecule has 86 valence electrons. The highest BCUT2D eigenvalue weighted by atomic mass is 15.5. The summed E-state index contributed by atoms with van der Waals surface area (Å²) < 4.78 is 0. The van der Waals surface area contributed by atoms with Gasteiger partial charge in [-0.05, 0) is 27.2 Å². The van der Waals surface area contributed by atoms with Gasteiger partial charge in [0.1, 0.15) is 5.84 Å². The molecule has 1 rings (SSSR count). The molecule has 15 heavy (non-hydrogen) atoms. The van der Waals surface area contributed by atoms with Crippen molar-refractivity contribution in [1.29, 1.82) is 0 Å². The maximum absolute atomic E-state index is 4.46. The van der Waals surface area contributed by atoms with Crippen LogP contribution in [0.5, 0.6) is 0 Å². The molecule has 0 amide bonds. The molecular weight excluding hydrogens is 186 g/mol. The molecule has 0 spiro atoms. The van der Waals surface area contributed by atoms with Crippen molar-refractivity contribution in [3.05, 3.63) is 11.8 Å². The Bertz CT molecular complexity index is 275. The number of hydrazone groups is 1. The Morgan fingerprint density at radius 2 is 2.00 bits per heavy atom. The summed E-state index contributed by atoms with van der Waals surface area (Å²) in [7, 11) is 1.82. The van der Waals surface area contributed by atoms with Gasteiger partial charge < -0.3 is 0 Å². The first kappa shape index (κ1) is 13.9. The third-order valence-electron chi connectivity index (χ3n) is 2.24. The number of nitrogens with zero attached hydrogens (tertiary/aromatic N) is 3. The van der Waals surface area contributed by atoms with Gasteiger partial charge in [-0.3, -0.25) is 4.99 Å². The first-order valence-corrected chi connectivity index (χ1v) is 5.61. The van der Waals surface area contributed by atoms with Crippen LogP contribution in [0, 0.1) is 0 Å². The molecule has 0 N–H and O–H groups in total. The second kappa shape index (κ2) is 7.21. The van der Waals surface area contributed by atoms with Gasteiger partial charge in [-0.15, -0.1) is 0 Å². The molecule has 0 fully saturated rings. The lowest BCUT2D eigenvalue weighted by atomic mass is 10.2. The molecule has 1 aliphatic heterocycles. The van der Waals surface area contributed by atoms with Gasteiger partial charge in [0, 0.05) is 24.9 Å². The monoisotopic (exact) mass is 209 g/mol. The standard InChI is InChI=1S/C10H17N3.C2H6/c1-5-9(3)13-10(11-4)7-6-8(2)12-13;1-2/h5H,6-7H2,1-4H3;1-2H3/b9-5-,11-10?;. The smallest absolute Gasteiger partial charge is 0.125 e. The first-order valence-electron chi connectivity index (χ1n) is 5.61. The van der Waals surface area contributed by atoms with Crippen LogP contribution < -0.4 is 0 Å². The zero-order valence-electron chi connectivity index (χ0n) is 10.8. The third kappa shape index (κ3) is 3.86. The van der Waals surface area contributed by atoms with Crippen molar-refractivity contribution >= 4 is 11.5 Å². The molecule has 0 aromatic rings. The molecule has 0 atom stereocenters. The predicted octanol–water partition coefficient (Wildman–Crippen LogP) is 3.44. The van der Waals surface area contributed by atoms with E-state index in [9.17, 15) is 0 Å². The summed E-state index contributed by atoms with van der Waals surface area (Å²) in [6.07, 6.45) is 4.07. The van der Waals surface area contributed by atoms with E-state index in [0.29, 0.717) is 0 Å². The van der Waals surface area contributed by atoms with Gasteiger partial charge in [-0.2, -0.15) is 5.10 Å². The summed E-state index contributed by atoms with van der Waals surface area (Å²) in [5, 5.41) is 6.39. The van der Waals surface area contributed by atoms with Crippen molar-refractivity contribution in [2.75, 3.05) is 7.05 Å². The minimum Gasteiger partial charge on any atom is -0.274 e. The molecule has 3 nitrogen and oxygen atoms in total. The molecule has 0 unspecified atom stereocenters. The van der Waals surface area contributed by atoms with Crippen LogP contribution in [-0.2, 0) is 0 Å². The molecule has 1 aliphatic rings. The van der Waals surface area contributed by atoms with Crippen LogP contribution in [0.2, 0.25) is 0 Å². The summed E-state index contributed by atoms with van der Waals surface area (Å²) in [5.74, 6) is 1.06. The van der Waals surface area contributed by atoms with Crippen LogP contribution in [0.4, 0.5) is 0 Å². The van der Waals surface area contributed by atoms with Crippen molar-refractivity contribution in [2.45, 2.75) is 47.5 Å². The van der Waals surface area contributed by atoms with Gasteiger partial charge in [0.25, 0.3) is 0 Å². The van der Waals surface area contributed by atoms with E-state index in [1.807, 2.05) is 45.8 Å². The molecule has 3 heteroatoms. The highest BCUT2D eigenvalue weighted by Gasteiger charge is 2.16. The fourth-order valence-electron chi connectivity index (χ4n) is 1.29. The Morgan fingerprint density at radius 3 is 2.47 bits per heavy atom. The van der Waals surface area contributed by atoms with Crippen molar-refractivity contribution in [3.8, 4) is 0 Å². The van der Waals surface area contributed by atoms with E-state index in [4.69, 9.17) is 0 Å². The predicted molar refractivity (Wildman–Crippen MR) is 68.3 cm³/mol. The van der Waals surface area contributed by atoms with Crippen LogP contribution >= 0.6 is 0 Å². The highest BCUT2D eigenvalue weighted by molar-refractivity contribution is 5.94. The Labute approximate surface area is 93.6 Å². The molecule has 0 aromatic heterocycles. The lowest BCUT2D eigenvalue weighted by molar-refractivity contribution is 0.519. The average Bonchev–Trinajstić information content (AvgIpc) is 2.30. The summed E-state index contributed by atoms with van der Waals surface area (Å²) in [6.45, 7) is 10.1. The maximum Gasteiger partial charge on any atom is 0.125 e. The Balaban J connectivity index is 0.000000921. The second-order valence-corrected chi connectivity index (χ2v) is 3.22. The van der Waals surface area contributed by atoms with E-state index in [2.05, 4.69) is 17.0 Å². The molecule has 1 heterocycles. The van der Waals surface area contributed by atoms with E-state index in [-0.39, 0.29) is 0 Å². The zero-order chi connectivity index (χ0) is 11.8. The van der Waals surface area contributed by atoms with Crippen LogP contribution in [0.1, 0.15) is 47.5 Å². The van der Waals surface area contributed by atoms with E-state index < -0.39 is 0 Å². The number of amidine groups is 1. The summed E-state index contributed by atoms with van der Waals surface area (Å²) >= 11 is 0. The number of allylic oxidation sites excluding steroid dienone is 2. The Hall–Kier alpha value is -1.12. The average molecular weight is 209 g/mol. The fraction of sp³-hybridized carbons (Fsp3) is 0.667. The van der Waals surface area contributed by atoms with Crippen molar-refractivity contribution in [3.63, 3.8) is 0 Å². The third-order valence-corrected chi connectivity index (χ3v) is 2.24. The molecule has 0 saturated carbocycles. The minimum absolute atomic E-state index is 0.997. The van der Waals surface area contributed by atoms with Crippen molar-refractivity contribution < 1.29 is 0 Å². The van der Waals surface area contributed by atoms with Crippen molar-refractivity contribution in [2.24, 2.45) is 10.1 Å². The van der Waals surface area contributed by atoms with E-state index in [1.54, 1.807) is 0 Å². The quantitative estimate of drug-likeness (QED) is 0.650. The van der Waals surface area contributed by atoms with Crippen LogP contribution in [0.15, 0.2) is 21.9 Å². The highest BCUT2D eigenvalue weighted by Crippen LogP contribution is 2.15. The molecule has 0 radical (unpaired) electrons. The lowest BCUT2D eigenvalue weighted by Crippen LogP contribution is -2.29. The largest absolute Gasteiger partial charge is 0.274 e. The van der Waals surface area contributed by atoms with Gasteiger partial charge in [0.15, 0.2) is 0 Å². The maximum atomic E-state index is 4.46. The number of aliphatic imine (C=N–C) groups is 1. The normalized spacial score (nSPS) is 19.6. The summed E-state index contributed by atoms with van der Waals surface area (Å²) in [6, 6.07) is 0. The number of hydrogen-bond acceptors (Lipinski definition) is 2. The zero-order valence-corrected chi connectivity index (χ0v) is 10.8. The molecule has 0 aromatic carbocycles. The topological polar surface area (TPSA) is 28.0 Å². The van der Waals surface area contributed by atoms with E-state index in [1.165, 1.54) is 5.71 Å². The summed E-state index contributed by atoms with van der Waals surface area (Å²) in [4.78, 5) is 4.23. The van der Waals surface area contributed by atoms with Crippen LogP contribution in [0.25, 0.3) is 0 Å². The van der Waals surface area contributed by atoms with Crippen LogP contribution in [0.3, 0.4) is 0 Å². The van der Waals surface area contributed by atoms with Gasteiger partial charge >= 0.3 is 0 Å². The lowest BCUT2D eigenvalue weighted by Gasteiger charge is -2.26. The van der Waals surface area contributed by atoms with Gasteiger partial charge in [-0.1, -0.05) is 19.9 Å². The second-order valence-electron chi connectivity index (χ2n) is 3.22. The molecule has 0 aliphatic carbocycles. The Kier molecular flexibility index (Phi) is 6.67. The van der Waals surface area contributed by atoms with Gasteiger partial charge in [-0.25, -0.2) is 5.01 Å². The van der Waals surface area contributed by atoms with Gasteiger partial charge in [0.2, 0.25) is 0 Å². The van der Waals surface area contributed by atoms with Crippen molar-refractivity contribution in [1.82, 2.24) is 5.01 Å². The van der Waals surface area contributed by atoms with E-state index >= 15 is 0 Å². The minimum atomic E-state index is 0.997. The molecule has 0 bridgehead atoms. The first-order chi connectivity index (χ1) is 7.19. The van der Waals surface area contributed by atoms with Crippen LogP contribution in [-0.4, -0.2) is 23.6 Å². The fourth-order valence-corrected chi connectivity index (χ4v) is 1.29. The Morgan fingerprint density at radius 1 is 1.40 bits per heavy atom. The molecule has 0 saturated heterocycles. The number of hydrogen-bond donors (Lipinski definition) is 0.